The van der Waals surface area contributed by atoms with Gasteiger partial charge in [-0.15, -0.1) is 0 Å². The first kappa shape index (κ1) is 14.7. The van der Waals surface area contributed by atoms with Gasteiger partial charge in [0, 0.05) is 38.4 Å². The summed E-state index contributed by atoms with van der Waals surface area (Å²) < 4.78 is 24.5. The van der Waals surface area contributed by atoms with Crippen LogP contribution in [-0.2, 0) is 10.0 Å². The summed E-state index contributed by atoms with van der Waals surface area (Å²) in [5, 5.41) is 11.0. The maximum absolute atomic E-state index is 11.5. The minimum Gasteiger partial charge on any atom is -0.350 e. The van der Waals surface area contributed by atoms with E-state index >= 15 is 0 Å². The van der Waals surface area contributed by atoms with Crippen molar-refractivity contribution in [2.24, 2.45) is 0 Å². The molecule has 0 spiro atoms. The van der Waals surface area contributed by atoms with E-state index in [9.17, 15) is 18.5 Å². The highest BCUT2D eigenvalue weighted by Crippen LogP contribution is 2.25. The van der Waals surface area contributed by atoms with E-state index < -0.39 is 14.9 Å². The Labute approximate surface area is 117 Å². The predicted molar refractivity (Wildman–Crippen MR) is 74.1 cm³/mol. The Morgan fingerprint density at radius 1 is 1.30 bits per heavy atom. The monoisotopic (exact) mass is 300 g/mol. The second-order valence-corrected chi connectivity index (χ2v) is 6.59. The third kappa shape index (κ3) is 3.23. The van der Waals surface area contributed by atoms with Crippen LogP contribution in [0.1, 0.15) is 6.42 Å². The van der Waals surface area contributed by atoms with Gasteiger partial charge in [-0.25, -0.2) is 17.7 Å². The Morgan fingerprint density at radius 3 is 2.70 bits per heavy atom. The molecule has 2 rings (SSSR count). The SMILES string of the molecule is CS(=O)(=O)N1CCCN(c2ncccc2[N+](=O)[O-])CC1. The van der Waals surface area contributed by atoms with Crippen molar-refractivity contribution in [1.29, 1.82) is 0 Å². The first-order valence-corrected chi connectivity index (χ1v) is 8.04. The van der Waals surface area contributed by atoms with Gasteiger partial charge in [-0.1, -0.05) is 0 Å². The number of hydrogen-bond donors (Lipinski definition) is 0. The quantitative estimate of drug-likeness (QED) is 0.594. The molecule has 110 valence electrons. The topological polar surface area (TPSA) is 96.7 Å². The molecule has 0 aliphatic carbocycles. The number of pyridine rings is 1. The van der Waals surface area contributed by atoms with Crippen LogP contribution < -0.4 is 4.90 Å². The van der Waals surface area contributed by atoms with E-state index in [2.05, 4.69) is 4.98 Å². The van der Waals surface area contributed by atoms with Gasteiger partial charge in [-0.05, 0) is 12.5 Å². The zero-order chi connectivity index (χ0) is 14.8. The fourth-order valence-electron chi connectivity index (χ4n) is 2.21. The fourth-order valence-corrected chi connectivity index (χ4v) is 3.09. The molecule has 1 saturated heterocycles. The van der Waals surface area contributed by atoms with Crippen LogP contribution in [0, 0.1) is 10.1 Å². The molecule has 1 aromatic heterocycles. The van der Waals surface area contributed by atoms with Gasteiger partial charge in [-0.3, -0.25) is 10.1 Å². The van der Waals surface area contributed by atoms with Crippen LogP contribution in [0.5, 0.6) is 0 Å². The molecule has 0 aromatic carbocycles. The van der Waals surface area contributed by atoms with Crippen molar-refractivity contribution in [2.75, 3.05) is 37.3 Å². The van der Waals surface area contributed by atoms with Crippen LogP contribution in [0.15, 0.2) is 18.3 Å². The average molecular weight is 300 g/mol. The van der Waals surface area contributed by atoms with Gasteiger partial charge in [0.2, 0.25) is 15.8 Å². The molecule has 0 amide bonds. The lowest BCUT2D eigenvalue weighted by Gasteiger charge is -2.21. The molecule has 1 fully saturated rings. The fraction of sp³-hybridized carbons (Fsp3) is 0.545. The van der Waals surface area contributed by atoms with Crippen molar-refractivity contribution < 1.29 is 13.3 Å². The number of sulfonamides is 1. The lowest BCUT2D eigenvalue weighted by atomic mass is 10.3. The summed E-state index contributed by atoms with van der Waals surface area (Å²) in [7, 11) is -3.23. The zero-order valence-electron chi connectivity index (χ0n) is 11.1. The molecule has 0 bridgehead atoms. The third-order valence-electron chi connectivity index (χ3n) is 3.19. The van der Waals surface area contributed by atoms with Crippen LogP contribution in [0.3, 0.4) is 0 Å². The summed E-state index contributed by atoms with van der Waals surface area (Å²) in [6.07, 6.45) is 3.29. The highest BCUT2D eigenvalue weighted by molar-refractivity contribution is 7.88. The number of hydrogen-bond acceptors (Lipinski definition) is 6. The maximum atomic E-state index is 11.5. The standard InChI is InChI=1S/C11H16N4O4S/c1-20(18,19)14-7-3-6-13(8-9-14)11-10(15(16)17)4-2-5-12-11/h2,4-5H,3,6-9H2,1H3. The first-order valence-electron chi connectivity index (χ1n) is 6.19. The lowest BCUT2D eigenvalue weighted by Crippen LogP contribution is -2.34. The van der Waals surface area contributed by atoms with Gasteiger partial charge in [0.1, 0.15) is 0 Å². The molecule has 0 radical (unpaired) electrons. The van der Waals surface area contributed by atoms with Gasteiger partial charge < -0.3 is 4.90 Å². The van der Waals surface area contributed by atoms with Crippen molar-refractivity contribution in [3.8, 4) is 0 Å². The summed E-state index contributed by atoms with van der Waals surface area (Å²) in [5.74, 6) is 0.299. The Balaban J connectivity index is 2.21. The normalized spacial score (nSPS) is 17.8. The van der Waals surface area contributed by atoms with Crippen molar-refractivity contribution in [3.05, 3.63) is 28.4 Å². The zero-order valence-corrected chi connectivity index (χ0v) is 11.9. The number of anilines is 1. The van der Waals surface area contributed by atoms with E-state index in [0.717, 1.165) is 0 Å². The second-order valence-electron chi connectivity index (χ2n) is 4.61. The predicted octanol–water partition coefficient (Wildman–Crippen LogP) is 0.462. The van der Waals surface area contributed by atoms with Crippen molar-refractivity contribution in [1.82, 2.24) is 9.29 Å². The van der Waals surface area contributed by atoms with E-state index in [1.54, 1.807) is 4.90 Å². The molecule has 1 aliphatic heterocycles. The third-order valence-corrected chi connectivity index (χ3v) is 4.49. The highest BCUT2D eigenvalue weighted by Gasteiger charge is 2.25. The van der Waals surface area contributed by atoms with Gasteiger partial charge >= 0.3 is 5.69 Å². The van der Waals surface area contributed by atoms with E-state index in [1.807, 2.05) is 0 Å². The lowest BCUT2D eigenvalue weighted by molar-refractivity contribution is -0.384. The molecule has 0 N–H and O–H groups in total. The van der Waals surface area contributed by atoms with E-state index in [4.69, 9.17) is 0 Å². The van der Waals surface area contributed by atoms with Crippen LogP contribution in [0.25, 0.3) is 0 Å². The molecule has 1 aromatic rings. The van der Waals surface area contributed by atoms with E-state index in [1.165, 1.54) is 28.9 Å². The van der Waals surface area contributed by atoms with Gasteiger partial charge in [0.05, 0.1) is 11.2 Å². The first-order chi connectivity index (χ1) is 9.39. The molecule has 20 heavy (non-hydrogen) atoms. The number of aromatic nitrogens is 1. The summed E-state index contributed by atoms with van der Waals surface area (Å²) in [4.78, 5) is 16.4. The largest absolute Gasteiger partial charge is 0.350 e. The molecule has 2 heterocycles. The Hall–Kier alpha value is -1.74. The Kier molecular flexibility index (Phi) is 4.19. The summed E-state index contributed by atoms with van der Waals surface area (Å²) in [5.41, 5.74) is -0.0553. The summed E-state index contributed by atoms with van der Waals surface area (Å²) in [6, 6.07) is 2.92. The van der Waals surface area contributed by atoms with Crippen LogP contribution >= 0.6 is 0 Å². The molecule has 9 heteroatoms. The molecule has 0 atom stereocenters. The molecule has 8 nitrogen and oxygen atoms in total. The second kappa shape index (κ2) is 5.71. The molecular formula is C11H16N4O4S. The number of nitro groups is 1. The number of rotatable bonds is 3. The minimum atomic E-state index is -3.23. The van der Waals surface area contributed by atoms with Crippen molar-refractivity contribution >= 4 is 21.5 Å². The molecular weight excluding hydrogens is 284 g/mol. The molecule has 0 unspecified atom stereocenters. The molecule has 1 aliphatic rings. The van der Waals surface area contributed by atoms with Gasteiger partial charge in [0.25, 0.3) is 0 Å². The van der Waals surface area contributed by atoms with Crippen LogP contribution in [0.2, 0.25) is 0 Å². The Bertz CT molecular complexity index is 604. The van der Waals surface area contributed by atoms with Crippen molar-refractivity contribution in [2.45, 2.75) is 6.42 Å². The summed E-state index contributed by atoms with van der Waals surface area (Å²) in [6.45, 7) is 1.68. The Morgan fingerprint density at radius 2 is 2.05 bits per heavy atom. The maximum Gasteiger partial charge on any atom is 0.311 e. The number of nitrogens with zero attached hydrogens (tertiary/aromatic N) is 4. The van der Waals surface area contributed by atoms with E-state index in [-0.39, 0.29) is 5.69 Å². The highest BCUT2D eigenvalue weighted by atomic mass is 32.2. The smallest absolute Gasteiger partial charge is 0.311 e. The molecule has 0 saturated carbocycles. The van der Waals surface area contributed by atoms with Crippen LogP contribution in [0.4, 0.5) is 11.5 Å². The van der Waals surface area contributed by atoms with Gasteiger partial charge in [0.15, 0.2) is 0 Å². The summed E-state index contributed by atoms with van der Waals surface area (Å²) >= 11 is 0. The minimum absolute atomic E-state index is 0.0553. The van der Waals surface area contributed by atoms with Crippen LogP contribution in [-0.4, -0.2) is 55.1 Å². The van der Waals surface area contributed by atoms with E-state index in [0.29, 0.717) is 38.4 Å². The van der Waals surface area contributed by atoms with Gasteiger partial charge in [-0.2, -0.15) is 0 Å². The van der Waals surface area contributed by atoms with Crippen molar-refractivity contribution in [3.63, 3.8) is 0 Å². The average Bonchev–Trinajstić information content (AvgIpc) is 2.63.